The van der Waals surface area contributed by atoms with Crippen molar-refractivity contribution < 1.29 is 22.4 Å². The van der Waals surface area contributed by atoms with Gasteiger partial charge in [0.15, 0.2) is 29.0 Å². The first-order chi connectivity index (χ1) is 16.2. The lowest BCUT2D eigenvalue weighted by molar-refractivity contribution is -0.143. The average Bonchev–Trinajstić information content (AvgIpc) is 3.49. The van der Waals surface area contributed by atoms with Gasteiger partial charge < -0.3 is 10.6 Å². The Labute approximate surface area is 188 Å². The fraction of sp³-hybridized carbons (Fsp3) is 0.158. The van der Waals surface area contributed by atoms with Crippen LogP contribution in [0.4, 0.5) is 34.9 Å². The summed E-state index contributed by atoms with van der Waals surface area (Å²) in [5.74, 6) is -2.41. The number of nitrogens with zero attached hydrogens (tertiary/aromatic N) is 7. The SMILES string of the molecule is CNc1nc(-n2ncc(C(=O)Nc3cnc(N4N=CCN4)c(C#N)c3)c2C(F)(F)F)ccc1F. The molecular weight excluding hydrogens is 460 g/mol. The number of hydrogen-bond donors (Lipinski definition) is 3. The minimum atomic E-state index is -5.00. The molecule has 0 spiro atoms. The lowest BCUT2D eigenvalue weighted by Crippen LogP contribution is -2.29. The molecular formula is C19H14F4N10O. The summed E-state index contributed by atoms with van der Waals surface area (Å²) in [6, 6.07) is 5.06. The number of anilines is 3. The molecule has 3 aromatic heterocycles. The average molecular weight is 474 g/mol. The Balaban J connectivity index is 1.68. The van der Waals surface area contributed by atoms with E-state index in [0.717, 1.165) is 18.3 Å². The van der Waals surface area contributed by atoms with E-state index in [1.54, 1.807) is 6.21 Å². The van der Waals surface area contributed by atoms with E-state index in [1.807, 2.05) is 6.07 Å². The molecule has 0 atom stereocenters. The molecule has 34 heavy (non-hydrogen) atoms. The lowest BCUT2D eigenvalue weighted by Gasteiger charge is -2.15. The van der Waals surface area contributed by atoms with Crippen LogP contribution in [0.3, 0.4) is 0 Å². The fourth-order valence-corrected chi connectivity index (χ4v) is 3.08. The van der Waals surface area contributed by atoms with Crippen LogP contribution < -0.4 is 21.2 Å². The second-order valence-corrected chi connectivity index (χ2v) is 6.70. The molecule has 4 rings (SSSR count). The van der Waals surface area contributed by atoms with Crippen LogP contribution in [0.5, 0.6) is 0 Å². The summed E-state index contributed by atoms with van der Waals surface area (Å²) in [5.41, 5.74) is 0.608. The van der Waals surface area contributed by atoms with Gasteiger partial charge in [-0.2, -0.15) is 33.8 Å². The third kappa shape index (κ3) is 4.21. The van der Waals surface area contributed by atoms with Gasteiger partial charge in [0.2, 0.25) is 0 Å². The molecule has 0 aliphatic carbocycles. The van der Waals surface area contributed by atoms with E-state index in [-0.39, 0.29) is 28.7 Å². The zero-order valence-corrected chi connectivity index (χ0v) is 17.2. The molecule has 0 unspecified atom stereocenters. The van der Waals surface area contributed by atoms with Gasteiger partial charge in [-0.3, -0.25) is 4.79 Å². The van der Waals surface area contributed by atoms with Crippen LogP contribution in [0, 0.1) is 17.1 Å². The molecule has 4 heterocycles. The number of carbonyl (C=O) groups is 1. The van der Waals surface area contributed by atoms with Crippen LogP contribution in [0.2, 0.25) is 0 Å². The zero-order chi connectivity index (χ0) is 24.5. The van der Waals surface area contributed by atoms with E-state index in [2.05, 4.69) is 36.2 Å². The van der Waals surface area contributed by atoms with E-state index in [4.69, 9.17) is 0 Å². The fourth-order valence-electron chi connectivity index (χ4n) is 3.08. The Hall–Kier alpha value is -4.58. The minimum absolute atomic E-state index is 0.0196. The Kier molecular flexibility index (Phi) is 5.82. The first-order valence-electron chi connectivity index (χ1n) is 9.50. The number of nitrogens with one attached hydrogen (secondary N) is 3. The molecule has 3 aromatic rings. The van der Waals surface area contributed by atoms with Crippen molar-refractivity contribution in [3.8, 4) is 11.9 Å². The first kappa shape index (κ1) is 22.6. The Morgan fingerprint density at radius 3 is 2.74 bits per heavy atom. The Bertz CT molecular complexity index is 1330. The van der Waals surface area contributed by atoms with Gasteiger partial charge in [-0.25, -0.2) is 24.5 Å². The third-order valence-corrected chi connectivity index (χ3v) is 4.54. The van der Waals surface area contributed by atoms with Crippen molar-refractivity contribution in [1.29, 1.82) is 5.26 Å². The number of hydrogen-bond acceptors (Lipinski definition) is 9. The van der Waals surface area contributed by atoms with E-state index < -0.39 is 29.2 Å². The van der Waals surface area contributed by atoms with Crippen molar-refractivity contribution in [2.24, 2.45) is 5.10 Å². The van der Waals surface area contributed by atoms with Gasteiger partial charge in [0.1, 0.15) is 11.6 Å². The maximum Gasteiger partial charge on any atom is 0.434 e. The summed E-state index contributed by atoms with van der Waals surface area (Å²) in [7, 11) is 1.35. The molecule has 15 heteroatoms. The maximum atomic E-state index is 13.9. The number of hydrazine groups is 1. The van der Waals surface area contributed by atoms with Crippen molar-refractivity contribution >= 4 is 29.4 Å². The summed E-state index contributed by atoms with van der Waals surface area (Å²) in [4.78, 5) is 20.6. The monoisotopic (exact) mass is 474 g/mol. The molecule has 0 fully saturated rings. The van der Waals surface area contributed by atoms with Crippen LogP contribution in [-0.4, -0.2) is 45.5 Å². The lowest BCUT2D eigenvalue weighted by atomic mass is 10.2. The van der Waals surface area contributed by atoms with Gasteiger partial charge in [-0.1, -0.05) is 0 Å². The highest BCUT2D eigenvalue weighted by molar-refractivity contribution is 6.05. The molecule has 3 N–H and O–H groups in total. The number of carbonyl (C=O) groups excluding carboxylic acids is 1. The summed E-state index contributed by atoms with van der Waals surface area (Å²) in [6.45, 7) is 0.425. The standard InChI is InChI=1S/C19H14F4N10O/c1-25-16-13(20)2-3-14(31-16)32-15(19(21,22)23)12(9-29-32)18(34)30-11-6-10(7-24)17(26-8-11)33-27-4-5-28-33/h2-4,6,8-9,28H,5H2,1H3,(H,25,31)(H,30,34). The largest absolute Gasteiger partial charge is 0.434 e. The third-order valence-electron chi connectivity index (χ3n) is 4.54. The van der Waals surface area contributed by atoms with E-state index in [1.165, 1.54) is 24.4 Å². The molecule has 1 aliphatic heterocycles. The molecule has 0 saturated carbocycles. The summed E-state index contributed by atoms with van der Waals surface area (Å²) in [6.07, 6.45) is -1.57. The van der Waals surface area contributed by atoms with Crippen LogP contribution in [-0.2, 0) is 6.18 Å². The van der Waals surface area contributed by atoms with Crippen molar-refractivity contribution in [2.75, 3.05) is 29.3 Å². The highest BCUT2D eigenvalue weighted by Gasteiger charge is 2.41. The van der Waals surface area contributed by atoms with Gasteiger partial charge in [0.05, 0.1) is 30.2 Å². The number of amides is 1. The van der Waals surface area contributed by atoms with Crippen LogP contribution in [0.15, 0.2) is 35.7 Å². The molecule has 0 radical (unpaired) electrons. The molecule has 1 amide bonds. The Morgan fingerprint density at radius 1 is 1.29 bits per heavy atom. The smallest absolute Gasteiger partial charge is 0.371 e. The second-order valence-electron chi connectivity index (χ2n) is 6.70. The topological polar surface area (TPSA) is 136 Å². The van der Waals surface area contributed by atoms with E-state index in [9.17, 15) is 27.6 Å². The number of halogens is 4. The normalized spacial score (nSPS) is 13.1. The van der Waals surface area contributed by atoms with Crippen LogP contribution >= 0.6 is 0 Å². The highest BCUT2D eigenvalue weighted by Crippen LogP contribution is 2.34. The molecule has 0 aromatic carbocycles. The molecule has 11 nitrogen and oxygen atoms in total. The quantitative estimate of drug-likeness (QED) is 0.480. The Morgan fingerprint density at radius 2 is 2.09 bits per heavy atom. The van der Waals surface area contributed by atoms with Crippen molar-refractivity contribution in [1.82, 2.24) is 25.2 Å². The minimum Gasteiger partial charge on any atom is -0.371 e. The molecule has 174 valence electrons. The van der Waals surface area contributed by atoms with Crippen molar-refractivity contribution in [3.05, 3.63) is 53.2 Å². The van der Waals surface area contributed by atoms with Gasteiger partial charge in [0, 0.05) is 13.3 Å². The summed E-state index contributed by atoms with van der Waals surface area (Å²) in [5, 5.41) is 23.0. The molecule has 1 aliphatic rings. The number of nitriles is 1. The van der Waals surface area contributed by atoms with Crippen LogP contribution in [0.1, 0.15) is 21.6 Å². The van der Waals surface area contributed by atoms with Gasteiger partial charge in [-0.05, 0) is 18.2 Å². The first-order valence-corrected chi connectivity index (χ1v) is 9.50. The van der Waals surface area contributed by atoms with Gasteiger partial charge >= 0.3 is 6.18 Å². The molecule has 0 bridgehead atoms. The van der Waals surface area contributed by atoms with E-state index >= 15 is 0 Å². The maximum absolute atomic E-state index is 13.9. The predicted molar refractivity (Wildman–Crippen MR) is 112 cm³/mol. The van der Waals surface area contributed by atoms with Crippen LogP contribution in [0.25, 0.3) is 5.82 Å². The molecule has 0 saturated heterocycles. The van der Waals surface area contributed by atoms with Crippen molar-refractivity contribution in [2.45, 2.75) is 6.18 Å². The number of aromatic nitrogens is 4. The number of rotatable bonds is 5. The van der Waals surface area contributed by atoms with Gasteiger partial charge in [0.25, 0.3) is 5.91 Å². The number of hydrazone groups is 1. The summed E-state index contributed by atoms with van der Waals surface area (Å²) < 4.78 is 55.8. The highest BCUT2D eigenvalue weighted by atomic mass is 19.4. The zero-order valence-electron chi connectivity index (χ0n) is 17.2. The van der Waals surface area contributed by atoms with E-state index in [0.29, 0.717) is 11.2 Å². The number of pyridine rings is 2. The number of alkyl halides is 3. The summed E-state index contributed by atoms with van der Waals surface area (Å²) >= 11 is 0. The van der Waals surface area contributed by atoms with Gasteiger partial charge in [-0.15, -0.1) is 0 Å². The van der Waals surface area contributed by atoms with Crippen molar-refractivity contribution in [3.63, 3.8) is 0 Å². The second kappa shape index (κ2) is 8.75. The predicted octanol–water partition coefficient (Wildman–Crippen LogP) is 2.30.